The number of carbonyl (C=O) groups is 1. The summed E-state index contributed by atoms with van der Waals surface area (Å²) in [5.74, 6) is 1.70. The molecule has 2 atom stereocenters. The van der Waals surface area contributed by atoms with E-state index in [9.17, 15) is 4.79 Å². The molecule has 1 amide bonds. The number of hydrogen-bond acceptors (Lipinski definition) is 4. The third kappa shape index (κ3) is 4.20. The average Bonchev–Trinajstić information content (AvgIpc) is 3.24. The number of hydrogen-bond donors (Lipinski definition) is 2. The van der Waals surface area contributed by atoms with E-state index in [1.807, 2.05) is 18.2 Å². The number of carbonyl (C=O) groups excluding carboxylic acids is 1. The summed E-state index contributed by atoms with van der Waals surface area (Å²) in [7, 11) is 1.65. The zero-order valence-electron chi connectivity index (χ0n) is 14.4. The molecule has 3 N–H and O–H groups in total. The number of ether oxygens (including phenoxy) is 2. The highest BCUT2D eigenvalue weighted by molar-refractivity contribution is 5.79. The third-order valence-electron chi connectivity index (χ3n) is 5.13. The molecule has 0 heterocycles. The Bertz CT molecular complexity index is 570. The van der Waals surface area contributed by atoms with Crippen molar-refractivity contribution in [2.75, 3.05) is 7.11 Å². The van der Waals surface area contributed by atoms with Gasteiger partial charge in [0.1, 0.15) is 0 Å². The maximum absolute atomic E-state index is 12.2. The molecule has 24 heavy (non-hydrogen) atoms. The molecule has 5 heteroatoms. The van der Waals surface area contributed by atoms with Crippen LogP contribution in [0.3, 0.4) is 0 Å². The third-order valence-corrected chi connectivity index (χ3v) is 5.13. The minimum atomic E-state index is 0.0625. The van der Waals surface area contributed by atoms with Crippen molar-refractivity contribution >= 4 is 5.91 Å². The van der Waals surface area contributed by atoms with Gasteiger partial charge in [-0.3, -0.25) is 4.79 Å². The van der Waals surface area contributed by atoms with Crippen LogP contribution in [0.15, 0.2) is 18.2 Å². The molecule has 132 valence electrons. The Kier molecular flexibility index (Phi) is 5.61. The molecule has 2 unspecified atom stereocenters. The molecular weight excluding hydrogens is 304 g/mol. The normalized spacial score (nSPS) is 24.1. The van der Waals surface area contributed by atoms with Gasteiger partial charge in [0.15, 0.2) is 11.5 Å². The van der Waals surface area contributed by atoms with Gasteiger partial charge in [-0.2, -0.15) is 0 Å². The standard InChI is InChI=1S/C19H28N2O3/c1-23-17-9-6-13(10-18(17)24-16-4-2-3-5-16)12-21-19(22)14-7-8-15(20)11-14/h6,9-10,14-16H,2-5,7-8,11-12,20H2,1H3,(H,21,22). The SMILES string of the molecule is COc1ccc(CNC(=O)C2CCC(N)C2)cc1OC1CCCC1. The molecule has 2 aliphatic rings. The van der Waals surface area contributed by atoms with Gasteiger partial charge in [0.05, 0.1) is 13.2 Å². The van der Waals surface area contributed by atoms with Crippen LogP contribution in [0.25, 0.3) is 0 Å². The summed E-state index contributed by atoms with van der Waals surface area (Å²) in [6, 6.07) is 6.05. The average molecular weight is 332 g/mol. The maximum atomic E-state index is 12.2. The molecule has 0 bridgehead atoms. The van der Waals surface area contributed by atoms with Crippen molar-refractivity contribution in [3.8, 4) is 11.5 Å². The Morgan fingerprint density at radius 2 is 2.00 bits per heavy atom. The van der Waals surface area contributed by atoms with E-state index in [1.165, 1.54) is 12.8 Å². The van der Waals surface area contributed by atoms with Gasteiger partial charge in [0.25, 0.3) is 0 Å². The van der Waals surface area contributed by atoms with Crippen molar-refractivity contribution in [1.82, 2.24) is 5.32 Å². The molecule has 2 fully saturated rings. The van der Waals surface area contributed by atoms with E-state index in [4.69, 9.17) is 15.2 Å². The monoisotopic (exact) mass is 332 g/mol. The van der Waals surface area contributed by atoms with Crippen molar-refractivity contribution in [1.29, 1.82) is 0 Å². The zero-order valence-corrected chi connectivity index (χ0v) is 14.4. The Labute approximate surface area is 143 Å². The van der Waals surface area contributed by atoms with E-state index in [1.54, 1.807) is 7.11 Å². The Balaban J connectivity index is 1.59. The van der Waals surface area contributed by atoms with E-state index in [-0.39, 0.29) is 24.0 Å². The van der Waals surface area contributed by atoms with Gasteiger partial charge in [0, 0.05) is 18.5 Å². The van der Waals surface area contributed by atoms with Gasteiger partial charge < -0.3 is 20.5 Å². The zero-order chi connectivity index (χ0) is 16.9. The summed E-state index contributed by atoms with van der Waals surface area (Å²) in [5.41, 5.74) is 6.92. The van der Waals surface area contributed by atoms with Gasteiger partial charge in [-0.1, -0.05) is 6.07 Å². The first-order chi connectivity index (χ1) is 11.7. The van der Waals surface area contributed by atoms with E-state index < -0.39 is 0 Å². The predicted octanol–water partition coefficient (Wildman–Crippen LogP) is 2.76. The number of nitrogens with two attached hydrogens (primary N) is 1. The van der Waals surface area contributed by atoms with E-state index in [0.29, 0.717) is 6.54 Å². The van der Waals surface area contributed by atoms with E-state index >= 15 is 0 Å². The first kappa shape index (κ1) is 17.1. The van der Waals surface area contributed by atoms with Gasteiger partial charge in [-0.15, -0.1) is 0 Å². The molecular formula is C19H28N2O3. The molecule has 1 aromatic carbocycles. The summed E-state index contributed by atoms with van der Waals surface area (Å²) in [5, 5.41) is 3.03. The van der Waals surface area contributed by atoms with E-state index in [2.05, 4.69) is 5.32 Å². The van der Waals surface area contributed by atoms with Crippen molar-refractivity contribution in [2.45, 2.75) is 63.6 Å². The minimum Gasteiger partial charge on any atom is -0.493 e. The molecule has 5 nitrogen and oxygen atoms in total. The molecule has 0 saturated heterocycles. The lowest BCUT2D eigenvalue weighted by Crippen LogP contribution is -2.30. The van der Waals surface area contributed by atoms with Crippen molar-refractivity contribution in [2.24, 2.45) is 11.7 Å². The van der Waals surface area contributed by atoms with Crippen LogP contribution in [-0.2, 0) is 11.3 Å². The van der Waals surface area contributed by atoms with Crippen LogP contribution in [0.4, 0.5) is 0 Å². The number of benzene rings is 1. The fraction of sp³-hybridized carbons (Fsp3) is 0.632. The quantitative estimate of drug-likeness (QED) is 0.840. The van der Waals surface area contributed by atoms with Crippen molar-refractivity contribution < 1.29 is 14.3 Å². The lowest BCUT2D eigenvalue weighted by molar-refractivity contribution is -0.125. The second-order valence-electron chi connectivity index (χ2n) is 7.00. The fourth-order valence-corrected chi connectivity index (χ4v) is 3.70. The number of nitrogens with one attached hydrogen (secondary N) is 1. The fourth-order valence-electron chi connectivity index (χ4n) is 3.70. The minimum absolute atomic E-state index is 0.0625. The Hall–Kier alpha value is -1.75. The summed E-state index contributed by atoms with van der Waals surface area (Å²) >= 11 is 0. The lowest BCUT2D eigenvalue weighted by atomic mass is 10.1. The summed E-state index contributed by atoms with van der Waals surface area (Å²) < 4.78 is 11.5. The Morgan fingerprint density at radius 3 is 2.67 bits per heavy atom. The van der Waals surface area contributed by atoms with Crippen LogP contribution in [0.1, 0.15) is 50.5 Å². The molecule has 2 saturated carbocycles. The second-order valence-corrected chi connectivity index (χ2v) is 7.00. The number of rotatable bonds is 6. The van der Waals surface area contributed by atoms with E-state index in [0.717, 1.165) is 49.2 Å². The predicted molar refractivity (Wildman–Crippen MR) is 93.0 cm³/mol. The first-order valence-electron chi connectivity index (χ1n) is 9.02. The highest BCUT2D eigenvalue weighted by Gasteiger charge is 2.27. The number of amides is 1. The van der Waals surface area contributed by atoms with Crippen LogP contribution in [0.5, 0.6) is 11.5 Å². The molecule has 0 aromatic heterocycles. The molecule has 2 aliphatic carbocycles. The van der Waals surface area contributed by atoms with Gasteiger partial charge in [-0.05, 0) is 62.6 Å². The molecule has 3 rings (SSSR count). The van der Waals surface area contributed by atoms with Crippen LogP contribution >= 0.6 is 0 Å². The van der Waals surface area contributed by atoms with Gasteiger partial charge >= 0.3 is 0 Å². The summed E-state index contributed by atoms with van der Waals surface area (Å²) in [6.45, 7) is 0.510. The smallest absolute Gasteiger partial charge is 0.223 e. The van der Waals surface area contributed by atoms with Gasteiger partial charge in [0.2, 0.25) is 5.91 Å². The topological polar surface area (TPSA) is 73.6 Å². The molecule has 0 spiro atoms. The van der Waals surface area contributed by atoms with Crippen LogP contribution in [-0.4, -0.2) is 25.2 Å². The van der Waals surface area contributed by atoms with Crippen LogP contribution in [0, 0.1) is 5.92 Å². The highest BCUT2D eigenvalue weighted by Crippen LogP contribution is 2.32. The van der Waals surface area contributed by atoms with Crippen molar-refractivity contribution in [3.05, 3.63) is 23.8 Å². The summed E-state index contributed by atoms with van der Waals surface area (Å²) in [6.07, 6.45) is 7.58. The maximum Gasteiger partial charge on any atom is 0.223 e. The summed E-state index contributed by atoms with van der Waals surface area (Å²) in [4.78, 5) is 12.2. The van der Waals surface area contributed by atoms with Crippen LogP contribution < -0.4 is 20.5 Å². The van der Waals surface area contributed by atoms with Crippen molar-refractivity contribution in [3.63, 3.8) is 0 Å². The van der Waals surface area contributed by atoms with Crippen LogP contribution in [0.2, 0.25) is 0 Å². The first-order valence-corrected chi connectivity index (χ1v) is 9.02. The van der Waals surface area contributed by atoms with Gasteiger partial charge in [-0.25, -0.2) is 0 Å². The lowest BCUT2D eigenvalue weighted by Gasteiger charge is -2.17. The largest absolute Gasteiger partial charge is 0.493 e. The second kappa shape index (κ2) is 7.88. The number of methoxy groups -OCH3 is 1. The highest BCUT2D eigenvalue weighted by atomic mass is 16.5. The molecule has 1 aromatic rings. The molecule has 0 radical (unpaired) electrons. The molecule has 0 aliphatic heterocycles. The Morgan fingerprint density at radius 1 is 1.21 bits per heavy atom.